The fourth-order valence-corrected chi connectivity index (χ4v) is 4.00. The molecule has 0 N–H and O–H groups in total. The highest BCUT2D eigenvalue weighted by Crippen LogP contribution is 2.33. The molecule has 0 saturated heterocycles. The normalized spacial score (nSPS) is 15.9. The molecule has 3 rings (SSSR count). The van der Waals surface area contributed by atoms with E-state index in [9.17, 15) is 0 Å². The average molecular weight is 432 g/mol. The van der Waals surface area contributed by atoms with E-state index in [1.54, 1.807) is 0 Å². The van der Waals surface area contributed by atoms with Crippen LogP contribution in [0.3, 0.4) is 0 Å². The maximum absolute atomic E-state index is 6.30. The van der Waals surface area contributed by atoms with Crippen molar-refractivity contribution in [3.63, 3.8) is 0 Å². The van der Waals surface area contributed by atoms with Gasteiger partial charge in [-0.2, -0.15) is 0 Å². The van der Waals surface area contributed by atoms with E-state index < -0.39 is 0 Å². The Morgan fingerprint density at radius 1 is 0.963 bits per heavy atom. The first-order chi connectivity index (χ1) is 12.9. The minimum atomic E-state index is 0. The van der Waals surface area contributed by atoms with Gasteiger partial charge in [0, 0.05) is 18.7 Å². The lowest BCUT2D eigenvalue weighted by Crippen LogP contribution is -3.00. The van der Waals surface area contributed by atoms with Crippen molar-refractivity contribution in [3.8, 4) is 0 Å². The minimum absolute atomic E-state index is 0. The Morgan fingerprint density at radius 3 is 2.33 bits per heavy atom. The molecule has 3 heteroatoms. The number of nitrogens with zero attached hydrogens (tertiary/aromatic N) is 1. The van der Waals surface area contributed by atoms with Gasteiger partial charge in [0.15, 0.2) is 18.9 Å². The van der Waals surface area contributed by atoms with Crippen LogP contribution in [0.4, 0.5) is 0 Å². The van der Waals surface area contributed by atoms with Crippen LogP contribution in [0.1, 0.15) is 81.4 Å². The zero-order valence-corrected chi connectivity index (χ0v) is 18.2. The maximum atomic E-state index is 6.30. The molecular weight excluding hydrogens is 398 g/mol. The highest BCUT2D eigenvalue weighted by Gasteiger charge is 2.19. The first-order valence-electron chi connectivity index (χ1n) is 10.5. The molecule has 0 amide bonds. The van der Waals surface area contributed by atoms with Crippen molar-refractivity contribution in [1.82, 2.24) is 0 Å². The second-order valence-electron chi connectivity index (χ2n) is 7.64. The van der Waals surface area contributed by atoms with Crippen molar-refractivity contribution in [2.45, 2.75) is 76.9 Å². The smallest absolute Gasteiger partial charge is 0.178 e. The highest BCUT2D eigenvalue weighted by molar-refractivity contribution is 5.27. The number of hydrogen-bond donors (Lipinski definition) is 0. The zero-order valence-electron chi connectivity index (χ0n) is 16.7. The Bertz CT molecular complexity index is 623. The Hall–Kier alpha value is -1.19. The molecule has 1 fully saturated rings. The van der Waals surface area contributed by atoms with E-state index in [4.69, 9.17) is 4.74 Å². The first-order valence-corrected chi connectivity index (χ1v) is 10.5. The summed E-state index contributed by atoms with van der Waals surface area (Å²) in [4.78, 5) is 0. The van der Waals surface area contributed by atoms with Crippen molar-refractivity contribution < 1.29 is 26.3 Å². The molecule has 1 aromatic heterocycles. The highest BCUT2D eigenvalue weighted by atomic mass is 79.9. The lowest BCUT2D eigenvalue weighted by Gasteiger charge is -2.23. The van der Waals surface area contributed by atoms with Crippen molar-refractivity contribution in [2.24, 2.45) is 0 Å². The molecule has 1 aliphatic carbocycles. The summed E-state index contributed by atoms with van der Waals surface area (Å²) >= 11 is 0. The molecule has 2 aromatic rings. The molecule has 1 unspecified atom stereocenters. The number of rotatable bonds is 9. The van der Waals surface area contributed by atoms with Crippen LogP contribution in [-0.2, 0) is 11.3 Å². The topological polar surface area (TPSA) is 13.1 Å². The number of unbranched alkanes of at least 4 members (excludes halogenated alkanes) is 2. The second kappa shape index (κ2) is 12.3. The zero-order chi connectivity index (χ0) is 18.0. The Labute approximate surface area is 175 Å². The molecule has 1 aromatic carbocycles. The molecule has 1 atom stereocenters. The Balaban J connectivity index is 0.00000261. The molecule has 148 valence electrons. The van der Waals surface area contributed by atoms with Gasteiger partial charge in [-0.3, -0.25) is 0 Å². The van der Waals surface area contributed by atoms with Gasteiger partial charge in [-0.15, -0.1) is 0 Å². The second-order valence-corrected chi connectivity index (χ2v) is 7.64. The number of pyridine rings is 1. The van der Waals surface area contributed by atoms with E-state index in [1.807, 2.05) is 0 Å². The molecular formula is C24H34BrNO. The van der Waals surface area contributed by atoms with Crippen LogP contribution in [0.5, 0.6) is 0 Å². The van der Waals surface area contributed by atoms with Crippen molar-refractivity contribution in [2.75, 3.05) is 6.61 Å². The summed E-state index contributed by atoms with van der Waals surface area (Å²) < 4.78 is 8.52. The summed E-state index contributed by atoms with van der Waals surface area (Å²) in [6, 6.07) is 15.5. The molecule has 1 aliphatic rings. The van der Waals surface area contributed by atoms with Crippen LogP contribution in [0.2, 0.25) is 0 Å². The molecule has 2 nitrogen and oxygen atoms in total. The van der Waals surface area contributed by atoms with E-state index in [1.165, 1.54) is 56.1 Å². The predicted octanol–water partition coefficient (Wildman–Crippen LogP) is 2.97. The van der Waals surface area contributed by atoms with Crippen LogP contribution in [0.25, 0.3) is 0 Å². The molecule has 0 aliphatic heterocycles. The van der Waals surface area contributed by atoms with E-state index in [2.05, 4.69) is 66.3 Å². The van der Waals surface area contributed by atoms with E-state index >= 15 is 0 Å². The van der Waals surface area contributed by atoms with Gasteiger partial charge >= 0.3 is 0 Å². The SMILES string of the molecule is CCCCCOC(C[n+]1ccccc1)c1ccc(C2CCCCC2)cc1.[Br-]. The fraction of sp³-hybridized carbons (Fsp3) is 0.542. The quantitative estimate of drug-likeness (QED) is 0.439. The van der Waals surface area contributed by atoms with E-state index in [-0.39, 0.29) is 23.1 Å². The van der Waals surface area contributed by atoms with Gasteiger partial charge in [0.05, 0.1) is 0 Å². The van der Waals surface area contributed by atoms with Crippen molar-refractivity contribution >= 4 is 0 Å². The number of hydrogen-bond acceptors (Lipinski definition) is 1. The van der Waals surface area contributed by atoms with E-state index in [0.717, 1.165) is 25.5 Å². The van der Waals surface area contributed by atoms with Crippen LogP contribution in [-0.4, -0.2) is 6.61 Å². The summed E-state index contributed by atoms with van der Waals surface area (Å²) in [5.41, 5.74) is 2.82. The summed E-state index contributed by atoms with van der Waals surface area (Å²) in [5.74, 6) is 0.769. The fourth-order valence-electron chi connectivity index (χ4n) is 4.00. The standard InChI is InChI=1S/C24H34NO.BrH/c1-2-3-10-19-26-24(20-25-17-8-5-9-18-25)23-15-13-22(14-16-23)21-11-6-4-7-12-21;/h5,8-9,13-18,21,24H,2-4,6-7,10-12,19-20H2,1H3;1H/q+1;/p-1. The molecule has 1 heterocycles. The number of halogens is 1. The van der Waals surface area contributed by atoms with Crippen molar-refractivity contribution in [1.29, 1.82) is 0 Å². The predicted molar refractivity (Wildman–Crippen MR) is 107 cm³/mol. The van der Waals surface area contributed by atoms with Gasteiger partial charge in [0.25, 0.3) is 0 Å². The molecule has 0 spiro atoms. The van der Waals surface area contributed by atoms with Gasteiger partial charge < -0.3 is 21.7 Å². The monoisotopic (exact) mass is 431 g/mol. The lowest BCUT2D eigenvalue weighted by molar-refractivity contribution is -0.705. The van der Waals surface area contributed by atoms with Crippen LogP contribution in [0, 0.1) is 0 Å². The van der Waals surface area contributed by atoms with Crippen molar-refractivity contribution in [3.05, 3.63) is 66.0 Å². The Morgan fingerprint density at radius 2 is 1.67 bits per heavy atom. The summed E-state index contributed by atoms with van der Waals surface area (Å²) in [6.07, 6.45) is 14.9. The van der Waals surface area contributed by atoms with E-state index in [0.29, 0.717) is 0 Å². The Kier molecular flexibility index (Phi) is 10.1. The van der Waals surface area contributed by atoms with Gasteiger partial charge in [-0.1, -0.05) is 69.4 Å². The number of ether oxygens (including phenoxy) is 1. The van der Waals surface area contributed by atoms with Gasteiger partial charge in [-0.05, 0) is 36.3 Å². The third-order valence-electron chi connectivity index (χ3n) is 5.61. The third kappa shape index (κ3) is 7.04. The number of benzene rings is 1. The van der Waals surface area contributed by atoms with Crippen LogP contribution < -0.4 is 21.5 Å². The van der Waals surface area contributed by atoms with Crippen LogP contribution in [0.15, 0.2) is 54.9 Å². The largest absolute Gasteiger partial charge is 1.00 e. The van der Waals surface area contributed by atoms with Crippen LogP contribution >= 0.6 is 0 Å². The molecule has 0 bridgehead atoms. The third-order valence-corrected chi connectivity index (χ3v) is 5.61. The summed E-state index contributed by atoms with van der Waals surface area (Å²) in [6.45, 7) is 3.95. The first kappa shape index (κ1) is 22.1. The molecule has 1 saturated carbocycles. The van der Waals surface area contributed by atoms with Gasteiger partial charge in [0.1, 0.15) is 6.10 Å². The summed E-state index contributed by atoms with van der Waals surface area (Å²) in [5, 5.41) is 0. The summed E-state index contributed by atoms with van der Waals surface area (Å²) in [7, 11) is 0. The molecule has 27 heavy (non-hydrogen) atoms. The molecule has 0 radical (unpaired) electrons. The lowest BCUT2D eigenvalue weighted by atomic mass is 9.84. The number of aromatic nitrogens is 1. The van der Waals surface area contributed by atoms with Gasteiger partial charge in [-0.25, -0.2) is 4.57 Å². The minimum Gasteiger partial charge on any atom is -1.00 e. The maximum Gasteiger partial charge on any atom is 0.178 e. The van der Waals surface area contributed by atoms with Gasteiger partial charge in [0.2, 0.25) is 0 Å². The average Bonchev–Trinajstić information content (AvgIpc) is 2.72.